The summed E-state index contributed by atoms with van der Waals surface area (Å²) in [5, 5.41) is 23.4. The smallest absolute Gasteiger partial charge is 0.226 e. The van der Waals surface area contributed by atoms with Crippen LogP contribution in [0.4, 0.5) is 5.82 Å². The third-order valence-corrected chi connectivity index (χ3v) is 6.16. The van der Waals surface area contributed by atoms with Crippen LogP contribution < -0.4 is 20.7 Å². The summed E-state index contributed by atoms with van der Waals surface area (Å²) < 4.78 is 7.76. The van der Waals surface area contributed by atoms with E-state index in [4.69, 9.17) is 4.74 Å². The maximum atomic E-state index is 11.8. The molecule has 4 rings (SSSR count). The molecule has 0 radical (unpaired) electrons. The number of ether oxygens (including phenoxy) is 1. The first kappa shape index (κ1) is 25.2. The number of nitrogens with zero attached hydrogens (tertiary/aromatic N) is 5. The number of carbonyl (C=O) groups is 1. The highest BCUT2D eigenvalue weighted by Crippen LogP contribution is 2.31. The van der Waals surface area contributed by atoms with Crippen LogP contribution in [0.5, 0.6) is 5.75 Å². The van der Waals surface area contributed by atoms with Crippen molar-refractivity contribution in [2.75, 3.05) is 57.7 Å². The summed E-state index contributed by atoms with van der Waals surface area (Å²) >= 11 is 0. The summed E-state index contributed by atoms with van der Waals surface area (Å²) in [6.07, 6.45) is 6.75. The molecule has 0 aromatic carbocycles. The lowest BCUT2D eigenvalue weighted by Gasteiger charge is -2.26. The van der Waals surface area contributed by atoms with Crippen molar-refractivity contribution in [3.8, 4) is 22.9 Å². The van der Waals surface area contributed by atoms with E-state index in [1.807, 2.05) is 24.4 Å². The highest BCUT2D eigenvalue weighted by Gasteiger charge is 2.15. The van der Waals surface area contributed by atoms with E-state index in [1.165, 1.54) is 0 Å². The van der Waals surface area contributed by atoms with E-state index in [2.05, 4.69) is 43.6 Å². The van der Waals surface area contributed by atoms with E-state index in [1.54, 1.807) is 29.9 Å². The highest BCUT2D eigenvalue weighted by atomic mass is 16.5. The van der Waals surface area contributed by atoms with Crippen LogP contribution in [-0.4, -0.2) is 77.8 Å². The fourth-order valence-electron chi connectivity index (χ4n) is 4.01. The zero-order chi connectivity index (χ0) is 25.3. The zero-order valence-corrected chi connectivity index (χ0v) is 20.5. The van der Waals surface area contributed by atoms with Crippen molar-refractivity contribution in [3.63, 3.8) is 0 Å². The van der Waals surface area contributed by atoms with Crippen molar-refractivity contribution < 1.29 is 9.53 Å². The Balaban J connectivity index is 1.44. The number of pyridine rings is 2. The molecule has 10 heteroatoms. The maximum Gasteiger partial charge on any atom is 0.226 e. The minimum Gasteiger partial charge on any atom is -0.491 e. The molecule has 1 unspecified atom stereocenters. The van der Waals surface area contributed by atoms with Gasteiger partial charge in [0.1, 0.15) is 24.2 Å². The second-order valence-electron chi connectivity index (χ2n) is 8.67. The lowest BCUT2D eigenvalue weighted by molar-refractivity contribution is -0.123. The Morgan fingerprint density at radius 3 is 2.89 bits per heavy atom. The summed E-state index contributed by atoms with van der Waals surface area (Å²) in [4.78, 5) is 18.7. The van der Waals surface area contributed by atoms with Crippen molar-refractivity contribution in [2.45, 2.75) is 6.92 Å². The second-order valence-corrected chi connectivity index (χ2v) is 8.67. The third-order valence-electron chi connectivity index (χ3n) is 6.16. The Morgan fingerprint density at radius 1 is 1.33 bits per heavy atom. The molecule has 188 valence electrons. The number of carbonyl (C=O) groups excluding carboxylic acids is 1. The SMILES string of the molecule is C=CC(C)C(=O)NCCNc1ccc(-c2cc(OCCN3CCNCC3)cn3ncc(C#N)c23)cn1. The van der Waals surface area contributed by atoms with Gasteiger partial charge in [-0.15, -0.1) is 6.58 Å². The van der Waals surface area contributed by atoms with Crippen molar-refractivity contribution in [2.24, 2.45) is 5.92 Å². The normalized spacial score (nSPS) is 14.7. The molecular weight excluding hydrogens is 456 g/mol. The highest BCUT2D eigenvalue weighted by molar-refractivity contribution is 5.85. The number of nitriles is 1. The second kappa shape index (κ2) is 12.2. The lowest BCUT2D eigenvalue weighted by atomic mass is 10.1. The number of hydrogen-bond donors (Lipinski definition) is 3. The third kappa shape index (κ3) is 6.19. The number of piperazine rings is 1. The topological polar surface area (TPSA) is 120 Å². The quantitative estimate of drug-likeness (QED) is 0.277. The number of anilines is 1. The largest absolute Gasteiger partial charge is 0.491 e. The van der Waals surface area contributed by atoms with E-state index >= 15 is 0 Å². The molecule has 1 aliphatic rings. The summed E-state index contributed by atoms with van der Waals surface area (Å²) in [7, 11) is 0. The van der Waals surface area contributed by atoms with Crippen LogP contribution in [0.15, 0.2) is 49.4 Å². The van der Waals surface area contributed by atoms with Gasteiger partial charge in [0.2, 0.25) is 5.91 Å². The zero-order valence-electron chi connectivity index (χ0n) is 20.5. The first-order valence-corrected chi connectivity index (χ1v) is 12.2. The minimum atomic E-state index is -0.220. The van der Waals surface area contributed by atoms with Crippen LogP contribution in [0.1, 0.15) is 12.5 Å². The summed E-state index contributed by atoms with van der Waals surface area (Å²) in [6.45, 7) is 11.9. The predicted molar refractivity (Wildman–Crippen MR) is 139 cm³/mol. The van der Waals surface area contributed by atoms with Gasteiger partial charge in [0, 0.05) is 63.1 Å². The Kier molecular flexibility index (Phi) is 8.49. The van der Waals surface area contributed by atoms with Gasteiger partial charge in [-0.25, -0.2) is 9.50 Å². The van der Waals surface area contributed by atoms with E-state index in [0.29, 0.717) is 42.3 Å². The molecule has 36 heavy (non-hydrogen) atoms. The van der Waals surface area contributed by atoms with Crippen molar-refractivity contribution in [3.05, 3.63) is 55.0 Å². The molecule has 0 saturated carbocycles. The standard InChI is InChI=1S/C26H32N8O2/c1-3-19(2)26(35)30-7-6-29-24-5-4-20(16-31-24)23-14-22(18-34-25(23)21(15-27)17-32-34)36-13-12-33-10-8-28-9-11-33/h3-5,14,16-19,28H,1,6-13H2,2H3,(H,29,31)(H,30,35). The van der Waals surface area contributed by atoms with Crippen LogP contribution in [0.3, 0.4) is 0 Å². The molecular formula is C26H32N8O2. The summed E-state index contributed by atoms with van der Waals surface area (Å²) in [5.41, 5.74) is 2.88. The van der Waals surface area contributed by atoms with E-state index in [0.717, 1.165) is 43.9 Å². The van der Waals surface area contributed by atoms with Crippen LogP contribution in [-0.2, 0) is 4.79 Å². The summed E-state index contributed by atoms with van der Waals surface area (Å²) in [5.74, 6) is 1.11. The van der Waals surface area contributed by atoms with Gasteiger partial charge in [0.15, 0.2) is 0 Å². The number of fused-ring (bicyclic) bond motifs is 1. The van der Waals surface area contributed by atoms with Gasteiger partial charge in [-0.05, 0) is 18.2 Å². The van der Waals surface area contributed by atoms with E-state index in [-0.39, 0.29) is 11.8 Å². The average molecular weight is 489 g/mol. The monoisotopic (exact) mass is 488 g/mol. The number of nitrogens with one attached hydrogen (secondary N) is 3. The lowest BCUT2D eigenvalue weighted by Crippen LogP contribution is -2.44. The predicted octanol–water partition coefficient (Wildman–Crippen LogP) is 1.90. The Bertz CT molecular complexity index is 1230. The molecule has 1 saturated heterocycles. The molecule has 1 amide bonds. The number of rotatable bonds is 11. The molecule has 1 atom stereocenters. The molecule has 3 N–H and O–H groups in total. The van der Waals surface area contributed by atoms with Crippen LogP contribution in [0.2, 0.25) is 0 Å². The van der Waals surface area contributed by atoms with E-state index in [9.17, 15) is 10.1 Å². The van der Waals surface area contributed by atoms with Gasteiger partial charge in [0.25, 0.3) is 0 Å². The van der Waals surface area contributed by atoms with Gasteiger partial charge >= 0.3 is 0 Å². The molecule has 10 nitrogen and oxygen atoms in total. The number of amides is 1. The molecule has 0 spiro atoms. The summed E-state index contributed by atoms with van der Waals surface area (Å²) in [6, 6.07) is 7.98. The van der Waals surface area contributed by atoms with Gasteiger partial charge in [-0.1, -0.05) is 13.0 Å². The van der Waals surface area contributed by atoms with Crippen LogP contribution >= 0.6 is 0 Å². The Hall–Kier alpha value is -3.94. The Labute approximate surface area is 211 Å². The molecule has 4 heterocycles. The van der Waals surface area contributed by atoms with Gasteiger partial charge in [0.05, 0.1) is 29.4 Å². The van der Waals surface area contributed by atoms with Crippen LogP contribution in [0, 0.1) is 17.2 Å². The first-order valence-electron chi connectivity index (χ1n) is 12.2. The number of aromatic nitrogens is 3. The van der Waals surface area contributed by atoms with Crippen molar-refractivity contribution in [1.29, 1.82) is 5.26 Å². The molecule has 3 aromatic rings. The van der Waals surface area contributed by atoms with Crippen molar-refractivity contribution >= 4 is 17.2 Å². The minimum absolute atomic E-state index is 0.0525. The van der Waals surface area contributed by atoms with Crippen molar-refractivity contribution in [1.82, 2.24) is 30.1 Å². The molecule has 0 bridgehead atoms. The maximum absolute atomic E-state index is 11.8. The van der Waals surface area contributed by atoms with E-state index < -0.39 is 0 Å². The average Bonchev–Trinajstić information content (AvgIpc) is 3.34. The van der Waals surface area contributed by atoms with Gasteiger partial charge < -0.3 is 20.7 Å². The molecule has 1 fully saturated rings. The molecule has 1 aliphatic heterocycles. The number of hydrogen-bond acceptors (Lipinski definition) is 8. The molecule has 0 aliphatic carbocycles. The molecule has 3 aromatic heterocycles. The fraction of sp³-hybridized carbons (Fsp3) is 0.385. The van der Waals surface area contributed by atoms with Crippen LogP contribution in [0.25, 0.3) is 16.6 Å². The fourth-order valence-corrected chi connectivity index (χ4v) is 4.01. The van der Waals surface area contributed by atoms with Gasteiger partial charge in [-0.3, -0.25) is 9.69 Å². The Morgan fingerprint density at radius 2 is 2.17 bits per heavy atom. The van der Waals surface area contributed by atoms with Gasteiger partial charge in [-0.2, -0.15) is 10.4 Å². The first-order chi connectivity index (χ1) is 17.6.